The van der Waals surface area contributed by atoms with E-state index >= 15 is 0 Å². The highest BCUT2D eigenvalue weighted by atomic mass is 16.4. The first-order valence-electron chi connectivity index (χ1n) is 6.14. The summed E-state index contributed by atoms with van der Waals surface area (Å²) in [6.45, 7) is 9.18. The molecule has 0 saturated heterocycles. The molecule has 0 aromatic rings. The van der Waals surface area contributed by atoms with Gasteiger partial charge < -0.3 is 15.2 Å². The summed E-state index contributed by atoms with van der Waals surface area (Å²) in [6.07, 6.45) is 1.11. The van der Waals surface area contributed by atoms with Crippen LogP contribution in [0.1, 0.15) is 47.5 Å². The van der Waals surface area contributed by atoms with Crippen LogP contribution < -0.4 is 10.4 Å². The number of amides is 1. The van der Waals surface area contributed by atoms with E-state index in [-0.39, 0.29) is 17.9 Å². The van der Waals surface area contributed by atoms with Crippen LogP contribution in [0.15, 0.2) is 0 Å². The summed E-state index contributed by atoms with van der Waals surface area (Å²) >= 11 is 0. The largest absolute Gasteiger partial charge is 0.550 e. The van der Waals surface area contributed by atoms with Gasteiger partial charge in [-0.15, -0.1) is 0 Å². The third kappa shape index (κ3) is 2.17. The number of hydrogen-bond donors (Lipinski definition) is 1. The Labute approximate surface area is 103 Å². The van der Waals surface area contributed by atoms with E-state index in [4.69, 9.17) is 0 Å². The Balaban J connectivity index is 2.93. The number of carboxylic acids is 1. The standard InChI is InChI=1S/C13H23NO3/c1-8(2)14-10(15)9-6-7-13(5,11(16)17)12(9,3)4/h8-9H,6-7H2,1-5H3,(H,14,15)(H,16,17)/p-1/t9-,13-/m1/s1. The normalized spacial score (nSPS) is 31.5. The van der Waals surface area contributed by atoms with Gasteiger partial charge in [-0.3, -0.25) is 4.79 Å². The van der Waals surface area contributed by atoms with Crippen LogP contribution in [0.4, 0.5) is 0 Å². The maximum atomic E-state index is 12.1. The van der Waals surface area contributed by atoms with E-state index in [0.29, 0.717) is 12.8 Å². The lowest BCUT2D eigenvalue weighted by atomic mass is 9.65. The van der Waals surface area contributed by atoms with Crippen LogP contribution in [0.3, 0.4) is 0 Å². The molecule has 1 aliphatic rings. The van der Waals surface area contributed by atoms with E-state index in [1.807, 2.05) is 27.7 Å². The first kappa shape index (κ1) is 14.0. The summed E-state index contributed by atoms with van der Waals surface area (Å²) in [7, 11) is 0. The molecule has 4 nitrogen and oxygen atoms in total. The minimum atomic E-state index is -1.05. The van der Waals surface area contributed by atoms with Crippen molar-refractivity contribution in [1.82, 2.24) is 5.32 Å². The number of aliphatic carboxylic acids is 1. The molecule has 0 heterocycles. The van der Waals surface area contributed by atoms with E-state index in [0.717, 1.165) is 0 Å². The molecular weight excluding hydrogens is 218 g/mol. The van der Waals surface area contributed by atoms with E-state index in [9.17, 15) is 14.7 Å². The summed E-state index contributed by atoms with van der Waals surface area (Å²) in [5.74, 6) is -1.36. The number of carbonyl (C=O) groups is 2. The van der Waals surface area contributed by atoms with E-state index < -0.39 is 16.8 Å². The number of nitrogens with one attached hydrogen (secondary N) is 1. The van der Waals surface area contributed by atoms with Crippen molar-refractivity contribution in [2.45, 2.75) is 53.5 Å². The summed E-state index contributed by atoms with van der Waals surface area (Å²) in [5, 5.41) is 14.2. The van der Waals surface area contributed by atoms with Gasteiger partial charge in [0.2, 0.25) is 5.91 Å². The van der Waals surface area contributed by atoms with Crippen LogP contribution in [0.5, 0.6) is 0 Å². The molecule has 0 aliphatic heterocycles. The third-order valence-corrected chi connectivity index (χ3v) is 4.42. The molecule has 0 bridgehead atoms. The van der Waals surface area contributed by atoms with Gasteiger partial charge in [0.1, 0.15) is 0 Å². The molecule has 1 fully saturated rings. The Bertz CT molecular complexity index is 336. The fourth-order valence-electron chi connectivity index (χ4n) is 2.71. The Morgan fingerprint density at radius 2 is 1.82 bits per heavy atom. The van der Waals surface area contributed by atoms with Crippen LogP contribution in [-0.4, -0.2) is 17.9 Å². The minimum absolute atomic E-state index is 0.0463. The average Bonchev–Trinajstić information content (AvgIpc) is 2.38. The zero-order chi connectivity index (χ0) is 13.4. The summed E-state index contributed by atoms with van der Waals surface area (Å²) in [4.78, 5) is 23.3. The van der Waals surface area contributed by atoms with Crippen molar-refractivity contribution in [3.05, 3.63) is 0 Å². The van der Waals surface area contributed by atoms with Gasteiger partial charge in [0.25, 0.3) is 0 Å². The van der Waals surface area contributed by atoms with Crippen molar-refractivity contribution in [2.75, 3.05) is 0 Å². The summed E-state index contributed by atoms with van der Waals surface area (Å²) in [6, 6.07) is 0.0770. The highest BCUT2D eigenvalue weighted by molar-refractivity contribution is 5.83. The van der Waals surface area contributed by atoms with Crippen molar-refractivity contribution >= 4 is 11.9 Å². The highest BCUT2D eigenvalue weighted by Gasteiger charge is 2.54. The minimum Gasteiger partial charge on any atom is -0.550 e. The molecule has 0 aromatic heterocycles. The molecule has 0 aromatic carbocycles. The van der Waals surface area contributed by atoms with Gasteiger partial charge in [0, 0.05) is 23.3 Å². The lowest BCUT2D eigenvalue weighted by Crippen LogP contribution is -2.51. The molecule has 0 radical (unpaired) electrons. The molecule has 98 valence electrons. The number of rotatable bonds is 3. The van der Waals surface area contributed by atoms with Gasteiger partial charge in [-0.2, -0.15) is 0 Å². The molecule has 2 atom stereocenters. The van der Waals surface area contributed by atoms with Crippen LogP contribution >= 0.6 is 0 Å². The monoisotopic (exact) mass is 240 g/mol. The van der Waals surface area contributed by atoms with E-state index in [1.165, 1.54) is 0 Å². The first-order valence-corrected chi connectivity index (χ1v) is 6.14. The van der Waals surface area contributed by atoms with Crippen LogP contribution in [0, 0.1) is 16.7 Å². The van der Waals surface area contributed by atoms with Gasteiger partial charge >= 0.3 is 0 Å². The number of carbonyl (C=O) groups excluding carboxylic acids is 2. The van der Waals surface area contributed by atoms with E-state index in [1.54, 1.807) is 6.92 Å². The summed E-state index contributed by atoms with van der Waals surface area (Å²) < 4.78 is 0. The lowest BCUT2D eigenvalue weighted by molar-refractivity contribution is -0.323. The highest BCUT2D eigenvalue weighted by Crippen LogP contribution is 2.55. The van der Waals surface area contributed by atoms with Crippen molar-refractivity contribution < 1.29 is 14.7 Å². The van der Waals surface area contributed by atoms with E-state index in [2.05, 4.69) is 5.32 Å². The van der Waals surface area contributed by atoms with Gasteiger partial charge in [0.15, 0.2) is 0 Å². The Hall–Kier alpha value is -1.06. The quantitative estimate of drug-likeness (QED) is 0.789. The second-order valence-electron chi connectivity index (χ2n) is 6.10. The van der Waals surface area contributed by atoms with Crippen LogP contribution in [0.25, 0.3) is 0 Å². The van der Waals surface area contributed by atoms with Crippen LogP contribution in [0.2, 0.25) is 0 Å². The maximum Gasteiger partial charge on any atom is 0.223 e. The SMILES string of the molecule is CC(C)NC(=O)[C@H]1CC[C@](C)(C(=O)[O-])C1(C)C. The first-order chi connectivity index (χ1) is 7.63. The maximum absolute atomic E-state index is 12.1. The second kappa shape index (κ2) is 4.31. The fraction of sp³-hybridized carbons (Fsp3) is 0.846. The zero-order valence-corrected chi connectivity index (χ0v) is 11.3. The molecule has 1 amide bonds. The molecule has 1 N–H and O–H groups in total. The predicted molar refractivity (Wildman–Crippen MR) is 62.9 cm³/mol. The van der Waals surface area contributed by atoms with Crippen LogP contribution in [-0.2, 0) is 9.59 Å². The summed E-state index contributed by atoms with van der Waals surface area (Å²) in [5.41, 5.74) is -1.50. The third-order valence-electron chi connectivity index (χ3n) is 4.42. The lowest BCUT2D eigenvalue weighted by Gasteiger charge is -2.42. The molecule has 1 aliphatic carbocycles. The Morgan fingerprint density at radius 1 is 1.29 bits per heavy atom. The fourth-order valence-corrected chi connectivity index (χ4v) is 2.71. The van der Waals surface area contributed by atoms with Gasteiger partial charge in [-0.25, -0.2) is 0 Å². The van der Waals surface area contributed by atoms with Crippen molar-refractivity contribution in [3.63, 3.8) is 0 Å². The topological polar surface area (TPSA) is 69.2 Å². The average molecular weight is 240 g/mol. The number of hydrogen-bond acceptors (Lipinski definition) is 3. The van der Waals surface area contributed by atoms with Crippen molar-refractivity contribution in [1.29, 1.82) is 0 Å². The van der Waals surface area contributed by atoms with Gasteiger partial charge in [-0.05, 0) is 32.1 Å². The molecule has 1 saturated carbocycles. The molecule has 1 rings (SSSR count). The molecule has 17 heavy (non-hydrogen) atoms. The second-order valence-corrected chi connectivity index (χ2v) is 6.10. The van der Waals surface area contributed by atoms with Gasteiger partial charge in [0.05, 0.1) is 0 Å². The van der Waals surface area contributed by atoms with Gasteiger partial charge in [-0.1, -0.05) is 20.8 Å². The molecule has 0 spiro atoms. The van der Waals surface area contributed by atoms with Crippen molar-refractivity contribution in [3.8, 4) is 0 Å². The number of carboxylic acid groups (broad SMARTS) is 1. The Morgan fingerprint density at radius 3 is 2.18 bits per heavy atom. The molecular formula is C13H22NO3-. The molecule has 4 heteroatoms. The smallest absolute Gasteiger partial charge is 0.223 e. The molecule has 0 unspecified atom stereocenters. The predicted octanol–water partition coefficient (Wildman–Crippen LogP) is 0.703. The Kier molecular flexibility index (Phi) is 3.55. The van der Waals surface area contributed by atoms with Crippen molar-refractivity contribution in [2.24, 2.45) is 16.7 Å². The zero-order valence-electron chi connectivity index (χ0n) is 11.3.